The normalized spacial score (nSPS) is 17.0. The highest BCUT2D eigenvalue weighted by atomic mass is 28.3. The van der Waals surface area contributed by atoms with Gasteiger partial charge in [-0.1, -0.05) is 83.5 Å². The molecular formula is C28H45N7O7Si. The van der Waals surface area contributed by atoms with Crippen molar-refractivity contribution in [2.75, 3.05) is 6.54 Å². The lowest BCUT2D eigenvalue weighted by molar-refractivity contribution is -0.525. The average Bonchev–Trinajstić information content (AvgIpc) is 2.89. The number of nitro groups is 1. The molecule has 1 aliphatic rings. The van der Waals surface area contributed by atoms with Crippen molar-refractivity contribution in [2.24, 2.45) is 16.6 Å². The van der Waals surface area contributed by atoms with E-state index >= 15 is 0 Å². The van der Waals surface area contributed by atoms with Gasteiger partial charge in [-0.2, -0.15) is 0 Å². The first-order chi connectivity index (χ1) is 20.0. The molecular weight excluding hydrogens is 574 g/mol. The van der Waals surface area contributed by atoms with Gasteiger partial charge in [0.05, 0.1) is 6.42 Å². The third-order valence-corrected chi connectivity index (χ3v) is 13.3. The smallest absolute Gasteiger partial charge is 0.329 e. The van der Waals surface area contributed by atoms with E-state index in [2.05, 4.69) is 15.6 Å². The Morgan fingerprint density at radius 2 is 1.81 bits per heavy atom. The van der Waals surface area contributed by atoms with Gasteiger partial charge in [-0.3, -0.25) is 14.4 Å². The number of β-lactam (4-membered cyclic amide) rings is 1. The van der Waals surface area contributed by atoms with Gasteiger partial charge >= 0.3 is 5.97 Å². The molecule has 1 aliphatic heterocycles. The van der Waals surface area contributed by atoms with Gasteiger partial charge in [0.15, 0.2) is 13.3 Å². The largest absolute Gasteiger partial charge is 0.459 e. The van der Waals surface area contributed by atoms with E-state index in [1.165, 1.54) is 0 Å². The third-order valence-electron chi connectivity index (χ3n) is 7.90. The molecule has 0 aliphatic carbocycles. The molecule has 0 aromatic heterocycles. The van der Waals surface area contributed by atoms with Crippen molar-refractivity contribution < 1.29 is 28.9 Å². The van der Waals surface area contributed by atoms with Crippen molar-refractivity contribution >= 4 is 37.9 Å². The van der Waals surface area contributed by atoms with Crippen LogP contribution in [0.1, 0.15) is 59.4 Å². The van der Waals surface area contributed by atoms with Crippen LogP contribution in [-0.2, 0) is 30.5 Å². The first-order valence-electron chi connectivity index (χ1n) is 14.3. The van der Waals surface area contributed by atoms with Gasteiger partial charge in [0.2, 0.25) is 17.7 Å². The number of ether oxygens (including phenoxy) is 1. The number of benzene rings is 1. The Morgan fingerprint density at radius 1 is 1.19 bits per heavy atom. The van der Waals surface area contributed by atoms with Crippen LogP contribution >= 0.6 is 0 Å². The molecule has 2 rings (SSSR count). The Labute approximate surface area is 253 Å². The monoisotopic (exact) mass is 619 g/mol. The molecule has 43 heavy (non-hydrogen) atoms. The molecule has 1 heterocycles. The highest BCUT2D eigenvalue weighted by Gasteiger charge is 2.54. The summed E-state index contributed by atoms with van der Waals surface area (Å²) in [7, 11) is -2.37. The van der Waals surface area contributed by atoms with Gasteiger partial charge in [-0.05, 0) is 29.4 Å². The minimum Gasteiger partial charge on any atom is -0.459 e. The summed E-state index contributed by atoms with van der Waals surface area (Å²) >= 11 is 0. The number of amides is 3. The lowest BCUT2D eigenvalue weighted by atomic mass is 10.0. The Balaban J connectivity index is 2.19. The van der Waals surface area contributed by atoms with Crippen LogP contribution in [0.25, 0.3) is 0 Å². The molecule has 1 aromatic rings. The second-order valence-electron chi connectivity index (χ2n) is 12.5. The Kier molecular flexibility index (Phi) is 12.2. The Hall–Kier alpha value is -4.01. The number of aliphatic imine (C=N–C) groups is 1. The van der Waals surface area contributed by atoms with Gasteiger partial charge < -0.3 is 25.7 Å². The maximum atomic E-state index is 13.5. The highest BCUT2D eigenvalue weighted by Crippen LogP contribution is 2.42. The summed E-state index contributed by atoms with van der Waals surface area (Å²) in [6.45, 7) is 13.8. The number of hydrogen-bond donors (Lipinski definition) is 4. The number of guanidine groups is 1. The summed E-state index contributed by atoms with van der Waals surface area (Å²) < 4.78 is 7.14. The SMILES string of the molecule is CC(C)[C@H](NC(=O)[C@H](CCCN=C(N)N[N+](=O)[O-])NC(=O)[C@@H]1CC(=O)N1[Si](C)(C)C(C)(C)C)C(=O)OCc1ccccc1. The molecule has 1 fully saturated rings. The minimum absolute atomic E-state index is 0.0372. The van der Waals surface area contributed by atoms with Crippen LogP contribution in [0.5, 0.6) is 0 Å². The van der Waals surface area contributed by atoms with E-state index in [1.54, 1.807) is 23.8 Å². The highest BCUT2D eigenvalue weighted by molar-refractivity contribution is 6.80. The van der Waals surface area contributed by atoms with E-state index in [4.69, 9.17) is 10.5 Å². The zero-order chi connectivity index (χ0) is 32.5. The molecule has 3 atom stereocenters. The van der Waals surface area contributed by atoms with Crippen LogP contribution in [0.3, 0.4) is 0 Å². The predicted molar refractivity (Wildman–Crippen MR) is 163 cm³/mol. The average molecular weight is 620 g/mol. The molecule has 5 N–H and O–H groups in total. The second kappa shape index (κ2) is 14.9. The number of hydrazine groups is 1. The number of esters is 1. The number of nitrogens with two attached hydrogens (primary N) is 1. The lowest BCUT2D eigenvalue weighted by Gasteiger charge is -2.54. The Morgan fingerprint density at radius 3 is 2.35 bits per heavy atom. The van der Waals surface area contributed by atoms with Crippen LogP contribution in [0.2, 0.25) is 18.1 Å². The molecule has 1 saturated heterocycles. The van der Waals surface area contributed by atoms with Crippen LogP contribution in [-0.4, -0.2) is 72.2 Å². The first-order valence-corrected chi connectivity index (χ1v) is 17.2. The molecule has 0 spiro atoms. The fourth-order valence-electron chi connectivity index (χ4n) is 4.42. The van der Waals surface area contributed by atoms with E-state index in [-0.39, 0.29) is 49.3 Å². The molecule has 1 aromatic carbocycles. The van der Waals surface area contributed by atoms with E-state index in [0.717, 1.165) is 5.56 Å². The standard InChI is InChI=1S/C28H45N7O7Si/c1-18(2)23(26(39)42-17-19-12-9-8-10-13-19)32-24(37)20(14-11-15-30-27(29)33-35(40)41)31-25(38)21-16-22(36)34(21)43(6,7)28(3,4)5/h8-10,12-13,18,20-21,23H,11,14-17H2,1-7H3,(H,31,38)(H,32,37)(H3,29,30,33)/t20-,21-,23-/m0/s1. The van der Waals surface area contributed by atoms with Crippen LogP contribution in [0, 0.1) is 16.0 Å². The van der Waals surface area contributed by atoms with Crippen LogP contribution < -0.4 is 21.8 Å². The number of nitrogens with one attached hydrogen (secondary N) is 3. The van der Waals surface area contributed by atoms with Crippen molar-refractivity contribution in [3.63, 3.8) is 0 Å². The van der Waals surface area contributed by atoms with Gasteiger partial charge in [0, 0.05) is 6.54 Å². The topological polar surface area (TPSA) is 198 Å². The van der Waals surface area contributed by atoms with Crippen molar-refractivity contribution in [2.45, 2.75) is 96.7 Å². The predicted octanol–water partition coefficient (Wildman–Crippen LogP) is 1.84. The van der Waals surface area contributed by atoms with Crippen molar-refractivity contribution in [1.82, 2.24) is 20.6 Å². The van der Waals surface area contributed by atoms with Crippen molar-refractivity contribution in [3.05, 3.63) is 46.0 Å². The van der Waals surface area contributed by atoms with E-state index in [0.29, 0.717) is 0 Å². The minimum atomic E-state index is -2.37. The fraction of sp³-hybridized carbons (Fsp3) is 0.607. The number of nitrogens with zero attached hydrogens (tertiary/aromatic N) is 3. The molecule has 15 heteroatoms. The van der Waals surface area contributed by atoms with E-state index < -0.39 is 55.1 Å². The zero-order valence-corrected chi connectivity index (χ0v) is 27.0. The second-order valence-corrected chi connectivity index (χ2v) is 17.6. The molecule has 0 saturated carbocycles. The van der Waals surface area contributed by atoms with Gasteiger partial charge in [-0.25, -0.2) is 19.9 Å². The summed E-state index contributed by atoms with van der Waals surface area (Å²) in [5.41, 5.74) is 8.00. The number of carbonyl (C=O) groups is 4. The van der Waals surface area contributed by atoms with Crippen LogP contribution in [0.4, 0.5) is 0 Å². The molecule has 0 bridgehead atoms. The van der Waals surface area contributed by atoms with Gasteiger partial charge in [0.1, 0.15) is 24.7 Å². The maximum absolute atomic E-state index is 13.5. The fourth-order valence-corrected chi connectivity index (χ4v) is 6.84. The number of rotatable bonds is 14. The molecule has 3 amide bonds. The third kappa shape index (κ3) is 9.76. The van der Waals surface area contributed by atoms with E-state index in [9.17, 15) is 29.3 Å². The molecule has 238 valence electrons. The summed E-state index contributed by atoms with van der Waals surface area (Å²) in [5.74, 6) is -2.50. The van der Waals surface area contributed by atoms with Crippen LogP contribution in [0.15, 0.2) is 35.3 Å². The first kappa shape index (κ1) is 35.2. The van der Waals surface area contributed by atoms with Gasteiger partial charge in [0.25, 0.3) is 5.96 Å². The lowest BCUT2D eigenvalue weighted by Crippen LogP contribution is -2.72. The maximum Gasteiger partial charge on any atom is 0.329 e. The van der Waals surface area contributed by atoms with Crippen molar-refractivity contribution in [1.29, 1.82) is 0 Å². The zero-order valence-electron chi connectivity index (χ0n) is 26.0. The summed E-state index contributed by atoms with van der Waals surface area (Å²) in [4.78, 5) is 67.0. The summed E-state index contributed by atoms with van der Waals surface area (Å²) in [6, 6.07) is 6.36. The quantitative estimate of drug-likeness (QED) is 0.0351. The number of carbonyl (C=O) groups excluding carboxylic acids is 4. The number of hydrogen-bond acceptors (Lipinski definition) is 8. The van der Waals surface area contributed by atoms with Gasteiger partial charge in [-0.15, -0.1) is 0 Å². The molecule has 14 nitrogen and oxygen atoms in total. The van der Waals surface area contributed by atoms with E-state index in [1.807, 2.05) is 64.2 Å². The summed E-state index contributed by atoms with van der Waals surface area (Å²) in [6.07, 6.45) is 0.372. The summed E-state index contributed by atoms with van der Waals surface area (Å²) in [5, 5.41) is 15.0. The molecule has 0 unspecified atom stereocenters. The Bertz CT molecular complexity index is 1200. The molecule has 0 radical (unpaired) electrons. The van der Waals surface area contributed by atoms with Crippen molar-refractivity contribution in [3.8, 4) is 0 Å².